The van der Waals surface area contributed by atoms with Crippen LogP contribution < -0.4 is 10.2 Å². The molecule has 28 heavy (non-hydrogen) atoms. The number of nitrogens with one attached hydrogen (secondary N) is 1. The second-order valence-electron chi connectivity index (χ2n) is 6.75. The van der Waals surface area contributed by atoms with Crippen molar-refractivity contribution in [1.29, 1.82) is 5.26 Å². The van der Waals surface area contributed by atoms with Crippen molar-refractivity contribution in [3.05, 3.63) is 89.7 Å². The SMILES string of the molecule is CC(C)N(Cc1ccccc1)c1ccc(C(=O)Nc2ccc(C#N)cc2)nc1. The van der Waals surface area contributed by atoms with Gasteiger partial charge in [-0.3, -0.25) is 4.79 Å². The Morgan fingerprint density at radius 1 is 1.07 bits per heavy atom. The summed E-state index contributed by atoms with van der Waals surface area (Å²) in [6.45, 7) is 5.04. The Labute approximate surface area is 165 Å². The van der Waals surface area contributed by atoms with E-state index in [1.807, 2.05) is 24.3 Å². The van der Waals surface area contributed by atoms with Crippen molar-refractivity contribution in [3.8, 4) is 6.07 Å². The number of nitrogens with zero attached hydrogens (tertiary/aromatic N) is 3. The molecule has 0 aliphatic heterocycles. The fraction of sp³-hybridized carbons (Fsp3) is 0.174. The van der Waals surface area contributed by atoms with Gasteiger partial charge >= 0.3 is 0 Å². The molecule has 3 rings (SSSR count). The van der Waals surface area contributed by atoms with Gasteiger partial charge in [-0.05, 0) is 55.8 Å². The number of benzene rings is 2. The maximum absolute atomic E-state index is 12.4. The zero-order chi connectivity index (χ0) is 19.9. The summed E-state index contributed by atoms with van der Waals surface area (Å²) in [6, 6.07) is 23.0. The van der Waals surface area contributed by atoms with Crippen LogP contribution in [0.3, 0.4) is 0 Å². The van der Waals surface area contributed by atoms with Crippen LogP contribution in [0.15, 0.2) is 72.9 Å². The van der Waals surface area contributed by atoms with Gasteiger partial charge in [0, 0.05) is 18.3 Å². The number of pyridine rings is 1. The number of aromatic nitrogens is 1. The minimum absolute atomic E-state index is 0.282. The van der Waals surface area contributed by atoms with Gasteiger partial charge in [-0.15, -0.1) is 0 Å². The average Bonchev–Trinajstić information content (AvgIpc) is 2.73. The first-order valence-electron chi connectivity index (χ1n) is 9.15. The summed E-state index contributed by atoms with van der Waals surface area (Å²) in [5.41, 5.74) is 3.71. The van der Waals surface area contributed by atoms with Gasteiger partial charge < -0.3 is 10.2 Å². The predicted octanol–water partition coefficient (Wildman–Crippen LogP) is 4.62. The predicted molar refractivity (Wildman–Crippen MR) is 111 cm³/mol. The number of carbonyl (C=O) groups is 1. The molecule has 140 valence electrons. The second-order valence-corrected chi connectivity index (χ2v) is 6.75. The number of nitriles is 1. The Morgan fingerprint density at radius 3 is 2.36 bits per heavy atom. The van der Waals surface area contributed by atoms with Crippen LogP contribution in [0, 0.1) is 11.3 Å². The molecule has 0 unspecified atom stereocenters. The molecule has 2 aromatic carbocycles. The third-order valence-corrected chi connectivity index (χ3v) is 4.40. The van der Waals surface area contributed by atoms with E-state index in [2.05, 4.69) is 47.3 Å². The minimum Gasteiger partial charge on any atom is -0.364 e. The standard InChI is InChI=1S/C23H22N4O/c1-17(2)27(16-19-6-4-3-5-7-19)21-12-13-22(25-15-21)23(28)26-20-10-8-18(14-24)9-11-20/h3-13,15,17H,16H2,1-2H3,(H,26,28). The van der Waals surface area contributed by atoms with E-state index in [4.69, 9.17) is 5.26 Å². The largest absolute Gasteiger partial charge is 0.364 e. The Hall–Kier alpha value is -3.65. The van der Waals surface area contributed by atoms with Gasteiger partial charge in [0.1, 0.15) is 5.69 Å². The monoisotopic (exact) mass is 370 g/mol. The van der Waals surface area contributed by atoms with E-state index in [0.29, 0.717) is 23.0 Å². The van der Waals surface area contributed by atoms with Gasteiger partial charge in [-0.1, -0.05) is 30.3 Å². The van der Waals surface area contributed by atoms with E-state index in [1.54, 1.807) is 36.5 Å². The summed E-state index contributed by atoms with van der Waals surface area (Å²) in [7, 11) is 0. The van der Waals surface area contributed by atoms with Gasteiger partial charge in [0.2, 0.25) is 0 Å². The Morgan fingerprint density at radius 2 is 1.79 bits per heavy atom. The molecule has 3 aromatic rings. The third kappa shape index (κ3) is 4.74. The van der Waals surface area contributed by atoms with Crippen molar-refractivity contribution in [3.63, 3.8) is 0 Å². The topological polar surface area (TPSA) is 69.0 Å². The molecule has 0 spiro atoms. The summed E-state index contributed by atoms with van der Waals surface area (Å²) in [5, 5.41) is 11.6. The molecule has 5 nitrogen and oxygen atoms in total. The minimum atomic E-state index is -0.282. The Balaban J connectivity index is 1.71. The molecule has 0 atom stereocenters. The van der Waals surface area contributed by atoms with Crippen LogP contribution in [-0.2, 0) is 6.54 Å². The molecule has 0 radical (unpaired) electrons. The quantitative estimate of drug-likeness (QED) is 0.687. The van der Waals surface area contributed by atoms with E-state index in [0.717, 1.165) is 12.2 Å². The van der Waals surface area contributed by atoms with Crippen LogP contribution in [0.1, 0.15) is 35.5 Å². The first-order chi connectivity index (χ1) is 13.6. The van der Waals surface area contributed by atoms with Crippen LogP contribution in [-0.4, -0.2) is 16.9 Å². The highest BCUT2D eigenvalue weighted by atomic mass is 16.1. The lowest BCUT2D eigenvalue weighted by Crippen LogP contribution is -2.30. The first-order valence-corrected chi connectivity index (χ1v) is 9.15. The molecule has 0 aliphatic rings. The van der Waals surface area contributed by atoms with E-state index in [9.17, 15) is 4.79 Å². The van der Waals surface area contributed by atoms with Gasteiger partial charge in [0.05, 0.1) is 23.5 Å². The van der Waals surface area contributed by atoms with Crippen molar-refractivity contribution in [2.45, 2.75) is 26.4 Å². The van der Waals surface area contributed by atoms with Crippen LogP contribution in [0.2, 0.25) is 0 Å². The lowest BCUT2D eigenvalue weighted by molar-refractivity contribution is 0.102. The molecule has 0 fully saturated rings. The summed E-state index contributed by atoms with van der Waals surface area (Å²) in [5.74, 6) is -0.282. The smallest absolute Gasteiger partial charge is 0.274 e. The molecule has 0 bridgehead atoms. The number of amides is 1. The molecule has 1 aromatic heterocycles. The van der Waals surface area contributed by atoms with Gasteiger partial charge in [0.25, 0.3) is 5.91 Å². The van der Waals surface area contributed by atoms with E-state index < -0.39 is 0 Å². The number of hydrogen-bond donors (Lipinski definition) is 1. The summed E-state index contributed by atoms with van der Waals surface area (Å²) in [4.78, 5) is 19.0. The molecule has 1 amide bonds. The fourth-order valence-corrected chi connectivity index (χ4v) is 2.87. The van der Waals surface area contributed by atoms with Crippen molar-refractivity contribution >= 4 is 17.3 Å². The Kier molecular flexibility index (Phi) is 6.03. The van der Waals surface area contributed by atoms with Crippen molar-refractivity contribution in [1.82, 2.24) is 4.98 Å². The van der Waals surface area contributed by atoms with Crippen LogP contribution >= 0.6 is 0 Å². The van der Waals surface area contributed by atoms with Crippen LogP contribution in [0.5, 0.6) is 0 Å². The van der Waals surface area contributed by atoms with Crippen molar-refractivity contribution < 1.29 is 4.79 Å². The molecule has 5 heteroatoms. The normalized spacial score (nSPS) is 10.4. The molecular weight excluding hydrogens is 348 g/mol. The number of hydrogen-bond acceptors (Lipinski definition) is 4. The number of rotatable bonds is 6. The highest BCUT2D eigenvalue weighted by Crippen LogP contribution is 2.20. The molecule has 1 heterocycles. The molecule has 0 saturated carbocycles. The Bertz CT molecular complexity index is 958. The molecular formula is C23H22N4O. The molecule has 1 N–H and O–H groups in total. The highest BCUT2D eigenvalue weighted by molar-refractivity contribution is 6.02. The fourth-order valence-electron chi connectivity index (χ4n) is 2.87. The summed E-state index contributed by atoms with van der Waals surface area (Å²) < 4.78 is 0. The van der Waals surface area contributed by atoms with Gasteiger partial charge in [-0.25, -0.2) is 4.98 Å². The molecule has 0 saturated heterocycles. The molecule has 0 aliphatic carbocycles. The van der Waals surface area contributed by atoms with Crippen LogP contribution in [0.4, 0.5) is 11.4 Å². The maximum atomic E-state index is 12.4. The summed E-state index contributed by atoms with van der Waals surface area (Å²) >= 11 is 0. The highest BCUT2D eigenvalue weighted by Gasteiger charge is 2.14. The first kappa shape index (κ1) is 19.1. The second kappa shape index (κ2) is 8.83. The van der Waals surface area contributed by atoms with Gasteiger partial charge in [0.15, 0.2) is 0 Å². The third-order valence-electron chi connectivity index (χ3n) is 4.40. The lowest BCUT2D eigenvalue weighted by atomic mass is 10.1. The zero-order valence-corrected chi connectivity index (χ0v) is 16.0. The van der Waals surface area contributed by atoms with E-state index in [1.165, 1.54) is 5.56 Å². The van der Waals surface area contributed by atoms with Crippen molar-refractivity contribution in [2.75, 3.05) is 10.2 Å². The van der Waals surface area contributed by atoms with Crippen molar-refractivity contribution in [2.24, 2.45) is 0 Å². The summed E-state index contributed by atoms with van der Waals surface area (Å²) in [6.07, 6.45) is 1.73. The maximum Gasteiger partial charge on any atom is 0.274 e. The van der Waals surface area contributed by atoms with E-state index >= 15 is 0 Å². The zero-order valence-electron chi connectivity index (χ0n) is 16.0. The van der Waals surface area contributed by atoms with Crippen LogP contribution in [0.25, 0.3) is 0 Å². The van der Waals surface area contributed by atoms with E-state index in [-0.39, 0.29) is 5.91 Å². The average molecular weight is 370 g/mol. The lowest BCUT2D eigenvalue weighted by Gasteiger charge is -2.29. The van der Waals surface area contributed by atoms with Gasteiger partial charge in [-0.2, -0.15) is 5.26 Å². The number of anilines is 2. The number of carbonyl (C=O) groups excluding carboxylic acids is 1.